The molecule has 3 aromatic rings. The smallest absolute Gasteiger partial charge is 0.249 e. The number of rotatable bonds is 5. The van der Waals surface area contributed by atoms with E-state index in [1.807, 2.05) is 24.3 Å². The van der Waals surface area contributed by atoms with Gasteiger partial charge in [-0.2, -0.15) is 5.10 Å². The van der Waals surface area contributed by atoms with Crippen molar-refractivity contribution in [3.8, 4) is 0 Å². The number of hydrogen-bond donors (Lipinski definition) is 1. The Labute approximate surface area is 153 Å². The molecule has 3 rings (SSSR count). The van der Waals surface area contributed by atoms with Crippen LogP contribution >= 0.6 is 15.9 Å². The lowest BCUT2D eigenvalue weighted by Gasteiger charge is -2.08. The summed E-state index contributed by atoms with van der Waals surface area (Å²) in [6, 6.07) is 15.9. The van der Waals surface area contributed by atoms with Crippen LogP contribution in [0, 0.1) is 5.82 Å². The number of anilines is 1. The third-order valence-corrected chi connectivity index (χ3v) is 4.06. The summed E-state index contributed by atoms with van der Waals surface area (Å²) in [5, 5.41) is 6.98. The monoisotopic (exact) mass is 399 g/mol. The average molecular weight is 400 g/mol. The molecule has 0 aliphatic heterocycles. The van der Waals surface area contributed by atoms with Crippen LogP contribution in [0.15, 0.2) is 71.3 Å². The van der Waals surface area contributed by atoms with Crippen molar-refractivity contribution in [2.75, 3.05) is 5.32 Å². The minimum absolute atomic E-state index is 0.346. The molecule has 25 heavy (non-hydrogen) atoms. The maximum Gasteiger partial charge on any atom is 0.249 e. The van der Waals surface area contributed by atoms with E-state index in [1.165, 1.54) is 18.2 Å². The molecule has 0 radical (unpaired) electrons. The molecule has 6 heteroatoms. The summed E-state index contributed by atoms with van der Waals surface area (Å²) in [6.45, 7) is 0.535. The Balaban J connectivity index is 1.67. The number of amides is 1. The number of benzene rings is 2. The van der Waals surface area contributed by atoms with E-state index in [2.05, 4.69) is 26.3 Å². The second kappa shape index (κ2) is 7.90. The molecule has 0 aliphatic carbocycles. The first-order valence-corrected chi connectivity index (χ1v) is 8.41. The lowest BCUT2D eigenvalue weighted by atomic mass is 10.2. The Bertz CT molecular complexity index is 903. The van der Waals surface area contributed by atoms with Gasteiger partial charge in [-0.25, -0.2) is 9.07 Å². The van der Waals surface area contributed by atoms with Gasteiger partial charge in [0, 0.05) is 22.2 Å². The van der Waals surface area contributed by atoms with Crippen molar-refractivity contribution < 1.29 is 9.18 Å². The van der Waals surface area contributed by atoms with Gasteiger partial charge in [0.1, 0.15) is 11.6 Å². The van der Waals surface area contributed by atoms with Crippen LogP contribution in [0.25, 0.3) is 6.08 Å². The zero-order chi connectivity index (χ0) is 17.6. The Morgan fingerprint density at radius 2 is 1.92 bits per heavy atom. The van der Waals surface area contributed by atoms with Gasteiger partial charge in [-0.1, -0.05) is 46.3 Å². The van der Waals surface area contributed by atoms with E-state index in [4.69, 9.17) is 0 Å². The van der Waals surface area contributed by atoms with E-state index in [0.29, 0.717) is 17.9 Å². The fourth-order valence-electron chi connectivity index (χ4n) is 2.27. The van der Waals surface area contributed by atoms with E-state index in [-0.39, 0.29) is 11.7 Å². The zero-order valence-corrected chi connectivity index (χ0v) is 14.8. The predicted octanol–water partition coefficient (Wildman–Crippen LogP) is 4.48. The van der Waals surface area contributed by atoms with Gasteiger partial charge in [0.05, 0.1) is 12.7 Å². The first-order chi connectivity index (χ1) is 12.1. The Morgan fingerprint density at radius 3 is 2.68 bits per heavy atom. The number of nitrogens with one attached hydrogen (secondary N) is 1. The summed E-state index contributed by atoms with van der Waals surface area (Å²) in [4.78, 5) is 12.1. The van der Waals surface area contributed by atoms with Crippen LogP contribution in [0.4, 0.5) is 10.2 Å². The molecule has 0 spiro atoms. The molecular formula is C19H15BrFN3O. The molecule has 0 bridgehead atoms. The van der Waals surface area contributed by atoms with Crippen molar-refractivity contribution >= 4 is 33.7 Å². The average Bonchev–Trinajstić information content (AvgIpc) is 3.03. The second-order valence-corrected chi connectivity index (χ2v) is 6.26. The second-order valence-electron chi connectivity index (χ2n) is 5.34. The van der Waals surface area contributed by atoms with Crippen LogP contribution in [0.2, 0.25) is 0 Å². The van der Waals surface area contributed by atoms with Gasteiger partial charge >= 0.3 is 0 Å². The van der Waals surface area contributed by atoms with Crippen molar-refractivity contribution in [3.05, 3.63) is 88.3 Å². The van der Waals surface area contributed by atoms with Gasteiger partial charge in [-0.3, -0.25) is 4.79 Å². The number of hydrogen-bond acceptors (Lipinski definition) is 2. The fraction of sp³-hybridized carbons (Fsp3) is 0.0526. The summed E-state index contributed by atoms with van der Waals surface area (Å²) >= 11 is 3.40. The molecule has 1 aromatic heterocycles. The number of carbonyl (C=O) groups is 1. The first kappa shape index (κ1) is 17.1. The minimum Gasteiger partial charge on any atom is -0.307 e. The topological polar surface area (TPSA) is 46.9 Å². The van der Waals surface area contributed by atoms with Crippen LogP contribution in [0.5, 0.6) is 0 Å². The molecule has 0 atom stereocenters. The van der Waals surface area contributed by atoms with Gasteiger partial charge in [-0.05, 0) is 29.8 Å². The van der Waals surface area contributed by atoms with Gasteiger partial charge < -0.3 is 5.32 Å². The fourth-order valence-corrected chi connectivity index (χ4v) is 2.54. The number of nitrogens with zero attached hydrogens (tertiary/aromatic N) is 2. The molecule has 1 amide bonds. The summed E-state index contributed by atoms with van der Waals surface area (Å²) in [6.07, 6.45) is 4.37. The Hall–Kier alpha value is -2.73. The summed E-state index contributed by atoms with van der Waals surface area (Å²) < 4.78 is 16.2. The van der Waals surface area contributed by atoms with Crippen molar-refractivity contribution in [3.63, 3.8) is 0 Å². The van der Waals surface area contributed by atoms with Gasteiger partial charge in [-0.15, -0.1) is 0 Å². The zero-order valence-electron chi connectivity index (χ0n) is 13.2. The summed E-state index contributed by atoms with van der Waals surface area (Å²) in [5.74, 6) is -0.140. The summed E-state index contributed by atoms with van der Waals surface area (Å²) in [7, 11) is 0. The minimum atomic E-state index is -0.369. The molecule has 0 unspecified atom stereocenters. The molecule has 0 fully saturated rings. The van der Waals surface area contributed by atoms with E-state index in [9.17, 15) is 9.18 Å². The normalized spacial score (nSPS) is 11.0. The highest BCUT2D eigenvalue weighted by atomic mass is 79.9. The van der Waals surface area contributed by atoms with Crippen molar-refractivity contribution in [2.45, 2.75) is 6.54 Å². The van der Waals surface area contributed by atoms with E-state index >= 15 is 0 Å². The van der Waals surface area contributed by atoms with E-state index in [0.717, 1.165) is 10.0 Å². The number of halogens is 2. The van der Waals surface area contributed by atoms with Gasteiger partial charge in [0.25, 0.3) is 0 Å². The van der Waals surface area contributed by atoms with E-state index in [1.54, 1.807) is 35.1 Å². The molecule has 4 nitrogen and oxygen atoms in total. The van der Waals surface area contributed by atoms with Crippen molar-refractivity contribution in [2.24, 2.45) is 0 Å². The maximum atomic E-state index is 13.6. The highest BCUT2D eigenvalue weighted by Gasteiger charge is 2.06. The molecule has 1 N–H and O–H groups in total. The Morgan fingerprint density at radius 1 is 1.16 bits per heavy atom. The Kier molecular flexibility index (Phi) is 5.40. The van der Waals surface area contributed by atoms with Crippen LogP contribution in [0.1, 0.15) is 11.1 Å². The van der Waals surface area contributed by atoms with Crippen LogP contribution in [-0.4, -0.2) is 15.7 Å². The van der Waals surface area contributed by atoms with Crippen molar-refractivity contribution in [1.29, 1.82) is 0 Å². The number of carbonyl (C=O) groups excluding carboxylic acids is 1. The van der Waals surface area contributed by atoms with Crippen LogP contribution in [-0.2, 0) is 11.3 Å². The van der Waals surface area contributed by atoms with Crippen LogP contribution < -0.4 is 5.32 Å². The first-order valence-electron chi connectivity index (χ1n) is 7.62. The van der Waals surface area contributed by atoms with Gasteiger partial charge in [0.15, 0.2) is 0 Å². The lowest BCUT2D eigenvalue weighted by molar-refractivity contribution is -0.111. The van der Waals surface area contributed by atoms with Gasteiger partial charge in [0.2, 0.25) is 5.91 Å². The third kappa shape index (κ3) is 4.64. The van der Waals surface area contributed by atoms with Crippen LogP contribution in [0.3, 0.4) is 0 Å². The molecule has 0 aliphatic rings. The quantitative estimate of drug-likeness (QED) is 0.642. The maximum absolute atomic E-state index is 13.6. The molecule has 126 valence electrons. The molecule has 0 saturated carbocycles. The molecule has 2 aromatic carbocycles. The molecule has 1 heterocycles. The molecular weight excluding hydrogens is 385 g/mol. The van der Waals surface area contributed by atoms with E-state index < -0.39 is 0 Å². The standard InChI is InChI=1S/C19H15BrFN3O/c20-16-8-5-14(6-9-16)13-24-18(11-12-22-24)23-19(25)10-7-15-3-1-2-4-17(15)21/h1-12H,13H2,(H,23,25)/b10-7+. The summed E-state index contributed by atoms with van der Waals surface area (Å²) in [5.41, 5.74) is 1.42. The lowest BCUT2D eigenvalue weighted by Crippen LogP contribution is -2.13. The number of aromatic nitrogens is 2. The third-order valence-electron chi connectivity index (χ3n) is 3.53. The SMILES string of the molecule is O=C(/C=C/c1ccccc1F)Nc1ccnn1Cc1ccc(Br)cc1. The largest absolute Gasteiger partial charge is 0.307 e. The molecule has 0 saturated heterocycles. The predicted molar refractivity (Wildman–Crippen MR) is 99.5 cm³/mol. The highest BCUT2D eigenvalue weighted by molar-refractivity contribution is 9.10. The highest BCUT2D eigenvalue weighted by Crippen LogP contribution is 2.14. The van der Waals surface area contributed by atoms with Crippen molar-refractivity contribution in [1.82, 2.24) is 9.78 Å².